The van der Waals surface area contributed by atoms with Crippen LogP contribution >= 0.6 is 0 Å². The van der Waals surface area contributed by atoms with Gasteiger partial charge in [-0.3, -0.25) is 19.2 Å². The molecule has 53 heavy (non-hydrogen) atoms. The fourth-order valence-corrected chi connectivity index (χ4v) is 9.27. The van der Waals surface area contributed by atoms with E-state index in [0.717, 1.165) is 5.56 Å². The molecule has 1 spiro atoms. The van der Waals surface area contributed by atoms with Gasteiger partial charge in [-0.1, -0.05) is 106 Å². The van der Waals surface area contributed by atoms with E-state index in [4.69, 9.17) is 9.47 Å². The summed E-state index contributed by atoms with van der Waals surface area (Å²) >= 11 is 0. The third kappa shape index (κ3) is 7.32. The van der Waals surface area contributed by atoms with Crippen molar-refractivity contribution in [2.45, 2.75) is 109 Å². The highest BCUT2D eigenvalue weighted by Crippen LogP contribution is 2.57. The molecule has 1 N–H and O–H groups in total. The van der Waals surface area contributed by atoms with Crippen molar-refractivity contribution in [3.05, 3.63) is 96.1 Å². The lowest BCUT2D eigenvalue weighted by atomic mass is 9.74. The Kier molecular flexibility index (Phi) is 10.8. The van der Waals surface area contributed by atoms with E-state index in [-0.39, 0.29) is 30.2 Å². The number of esters is 1. The fourth-order valence-electron chi connectivity index (χ4n) is 9.27. The molecule has 284 valence electrons. The van der Waals surface area contributed by atoms with Crippen molar-refractivity contribution >= 4 is 23.7 Å². The van der Waals surface area contributed by atoms with Crippen molar-refractivity contribution in [1.29, 1.82) is 0 Å². The number of rotatable bonds is 7. The first-order chi connectivity index (χ1) is 25.1. The molecule has 4 heterocycles. The lowest BCUT2D eigenvalue weighted by Gasteiger charge is -2.46. The van der Waals surface area contributed by atoms with Crippen molar-refractivity contribution in [2.75, 3.05) is 20.2 Å². The molecule has 2 aromatic carbocycles. The average molecular weight is 726 g/mol. The summed E-state index contributed by atoms with van der Waals surface area (Å²) in [4.78, 5) is 63.5. The third-order valence-corrected chi connectivity index (χ3v) is 11.5. The minimum Gasteiger partial charge on any atom is -0.455 e. The Hall–Kier alpha value is -4.28. The summed E-state index contributed by atoms with van der Waals surface area (Å²) in [6, 6.07) is 16.4. The quantitative estimate of drug-likeness (QED) is 0.306. The summed E-state index contributed by atoms with van der Waals surface area (Å²) in [5.74, 6) is -3.58. The number of hydrogen-bond acceptors (Lipinski definition) is 7. The van der Waals surface area contributed by atoms with Gasteiger partial charge in [-0.25, -0.2) is 0 Å². The molecule has 2 saturated heterocycles. The highest BCUT2D eigenvalue weighted by Gasteiger charge is 2.74. The molecule has 8 atom stereocenters. The summed E-state index contributed by atoms with van der Waals surface area (Å²) in [6.07, 6.45) is 7.45. The number of benzene rings is 2. The van der Waals surface area contributed by atoms with Gasteiger partial charge in [0.2, 0.25) is 17.7 Å². The number of carbonyl (C=O) groups excluding carboxylic acids is 4. The Bertz CT molecular complexity index is 1730. The lowest BCUT2D eigenvalue weighted by molar-refractivity contribution is -0.164. The molecule has 0 aromatic heterocycles. The first kappa shape index (κ1) is 38.4. The van der Waals surface area contributed by atoms with E-state index in [1.165, 1.54) is 4.90 Å². The Morgan fingerprint density at radius 1 is 0.925 bits per heavy atom. The SMILES string of the molecule is C[C@@H]1[C@@H](c2ccccc2)OC(=O)[C@@H]2[C@@H]3C=C[C@]4(O3)[C@H](C(=O)N(C(C)(C)CC(C)(C)C)C/C=C\CCC(=O)N1C)N([C@@H](CO)Cc1ccccc1)C(=O)[C@@H]24. The summed E-state index contributed by atoms with van der Waals surface area (Å²) in [7, 11) is 1.72. The Morgan fingerprint density at radius 2 is 1.58 bits per heavy atom. The summed E-state index contributed by atoms with van der Waals surface area (Å²) in [6.45, 7) is 12.1. The number of fused-ring (bicyclic) bond motifs is 2. The number of aliphatic hydroxyl groups excluding tert-OH is 1. The Morgan fingerprint density at radius 3 is 2.23 bits per heavy atom. The molecule has 10 heteroatoms. The highest BCUT2D eigenvalue weighted by atomic mass is 16.6. The first-order valence-electron chi connectivity index (χ1n) is 18.9. The molecule has 0 unspecified atom stereocenters. The molecule has 0 radical (unpaired) electrons. The summed E-state index contributed by atoms with van der Waals surface area (Å²) < 4.78 is 13.1. The molecular weight excluding hydrogens is 670 g/mol. The van der Waals surface area contributed by atoms with Crippen LogP contribution < -0.4 is 0 Å². The Labute approximate surface area is 313 Å². The van der Waals surface area contributed by atoms with Crippen molar-refractivity contribution in [1.82, 2.24) is 14.7 Å². The highest BCUT2D eigenvalue weighted by molar-refractivity contribution is 5.99. The van der Waals surface area contributed by atoms with Gasteiger partial charge in [-0.15, -0.1) is 0 Å². The maximum atomic E-state index is 15.5. The zero-order chi connectivity index (χ0) is 38.3. The molecule has 0 aliphatic carbocycles. The second-order valence-corrected chi connectivity index (χ2v) is 17.0. The molecule has 4 aliphatic heterocycles. The molecule has 4 aliphatic rings. The van der Waals surface area contributed by atoms with Gasteiger partial charge in [0.15, 0.2) is 0 Å². The fraction of sp³-hybridized carbons (Fsp3) is 0.535. The zero-order valence-electron chi connectivity index (χ0n) is 32.1. The van der Waals surface area contributed by atoms with Crippen LogP contribution in [-0.4, -0.2) is 99.1 Å². The van der Waals surface area contributed by atoms with Crippen LogP contribution in [0.25, 0.3) is 0 Å². The maximum Gasteiger partial charge on any atom is 0.313 e. The van der Waals surface area contributed by atoms with Crippen molar-refractivity contribution in [3.8, 4) is 0 Å². The van der Waals surface area contributed by atoms with Gasteiger partial charge in [0.1, 0.15) is 23.7 Å². The molecule has 10 nitrogen and oxygen atoms in total. The van der Waals surface area contributed by atoms with E-state index < -0.39 is 71.8 Å². The summed E-state index contributed by atoms with van der Waals surface area (Å²) in [5.41, 5.74) is -0.660. The largest absolute Gasteiger partial charge is 0.455 e. The van der Waals surface area contributed by atoms with E-state index in [1.807, 2.05) is 98.5 Å². The normalized spacial score (nSPS) is 30.8. The van der Waals surface area contributed by atoms with Gasteiger partial charge < -0.3 is 29.3 Å². The van der Waals surface area contributed by atoms with E-state index in [1.54, 1.807) is 24.1 Å². The molecule has 2 aromatic rings. The lowest BCUT2D eigenvalue weighted by Crippen LogP contribution is -2.62. The summed E-state index contributed by atoms with van der Waals surface area (Å²) in [5, 5.41) is 11.0. The smallest absolute Gasteiger partial charge is 0.313 e. The van der Waals surface area contributed by atoms with Gasteiger partial charge in [0.25, 0.3) is 0 Å². The minimum absolute atomic E-state index is 0.104. The van der Waals surface area contributed by atoms with E-state index in [0.29, 0.717) is 24.8 Å². The monoisotopic (exact) mass is 725 g/mol. The second-order valence-electron chi connectivity index (χ2n) is 17.0. The predicted octanol–water partition coefficient (Wildman–Crippen LogP) is 5.27. The van der Waals surface area contributed by atoms with Crippen LogP contribution in [0.1, 0.15) is 78.0 Å². The number of cyclic esters (lactones) is 1. The first-order valence-corrected chi connectivity index (χ1v) is 18.9. The van der Waals surface area contributed by atoms with Crippen molar-refractivity contribution < 1.29 is 33.8 Å². The molecule has 2 fully saturated rings. The van der Waals surface area contributed by atoms with E-state index in [2.05, 4.69) is 20.8 Å². The number of amides is 3. The number of aliphatic hydroxyl groups is 1. The van der Waals surface area contributed by atoms with Crippen molar-refractivity contribution in [2.24, 2.45) is 17.3 Å². The molecule has 6 rings (SSSR count). The third-order valence-electron chi connectivity index (χ3n) is 11.5. The van der Waals surface area contributed by atoms with Crippen LogP contribution in [0, 0.1) is 17.3 Å². The van der Waals surface area contributed by atoms with E-state index >= 15 is 9.59 Å². The van der Waals surface area contributed by atoms with E-state index in [9.17, 15) is 14.7 Å². The number of carbonyl (C=O) groups is 4. The van der Waals surface area contributed by atoms with Gasteiger partial charge in [0, 0.05) is 25.6 Å². The number of likely N-dealkylation sites (tertiary alicyclic amines) is 1. The molecule has 0 saturated carbocycles. The van der Waals surface area contributed by atoms with Crippen LogP contribution in [0.3, 0.4) is 0 Å². The van der Waals surface area contributed by atoms with Crippen LogP contribution in [0.4, 0.5) is 0 Å². The van der Waals surface area contributed by atoms with Gasteiger partial charge in [-0.2, -0.15) is 0 Å². The molecular formula is C43H55N3O7. The standard InChI is InChI=1S/C43H55N3O7/c1-28-36(30-19-13-9-14-20-30)52-40(51)34-32-22-23-43(53-32)35(34)38(49)46(31(26-47)25-29-17-11-8-12-18-29)37(43)39(50)45(42(5,6)27-41(2,3)4)24-16-10-15-21-33(48)44(28)7/h8-14,16-20,22-23,28,31-32,34-37,47H,15,21,24-27H2,1-7H3/b16-10-/t28-,31-,32+,34-,35-,36+,37+,43-/m1/s1. The number of nitrogens with zero attached hydrogens (tertiary/aromatic N) is 3. The molecule has 5 bridgehead atoms. The van der Waals surface area contributed by atoms with Gasteiger partial charge in [0.05, 0.1) is 30.7 Å². The number of hydrogen-bond donors (Lipinski definition) is 1. The van der Waals surface area contributed by atoms with Crippen LogP contribution in [-0.2, 0) is 35.1 Å². The van der Waals surface area contributed by atoms with Crippen LogP contribution in [0.15, 0.2) is 85.0 Å². The number of ether oxygens (including phenoxy) is 2. The van der Waals surface area contributed by atoms with Gasteiger partial charge in [-0.05, 0) is 56.6 Å². The van der Waals surface area contributed by atoms with Gasteiger partial charge >= 0.3 is 5.97 Å². The van der Waals surface area contributed by atoms with Crippen LogP contribution in [0.5, 0.6) is 0 Å². The maximum absolute atomic E-state index is 15.5. The zero-order valence-corrected chi connectivity index (χ0v) is 32.1. The Balaban J connectivity index is 1.49. The second kappa shape index (κ2) is 14.9. The number of likely N-dealkylation sites (N-methyl/N-ethyl adjacent to an activating group) is 1. The van der Waals surface area contributed by atoms with Crippen LogP contribution in [0.2, 0.25) is 0 Å². The number of allylic oxidation sites excluding steroid dienone is 1. The predicted molar refractivity (Wildman–Crippen MR) is 201 cm³/mol. The molecule has 3 amide bonds. The topological polar surface area (TPSA) is 117 Å². The van der Waals surface area contributed by atoms with Crippen molar-refractivity contribution in [3.63, 3.8) is 0 Å². The minimum atomic E-state index is -1.46. The average Bonchev–Trinajstić information content (AvgIpc) is 3.76.